The Balaban J connectivity index is 1.86. The van der Waals surface area contributed by atoms with Crippen LogP contribution < -0.4 is 16.1 Å². The third-order valence-electron chi connectivity index (χ3n) is 2.36. The Morgan fingerprint density at radius 2 is 2.39 bits per heavy atom. The Labute approximate surface area is 108 Å². The van der Waals surface area contributed by atoms with Gasteiger partial charge in [-0.25, -0.2) is 10.4 Å². The molecule has 8 heteroatoms. The van der Waals surface area contributed by atoms with Crippen LogP contribution in [0.25, 0.3) is 0 Å². The molecule has 0 unspecified atom stereocenters. The van der Waals surface area contributed by atoms with Crippen LogP contribution in [0.4, 0.5) is 5.13 Å². The molecule has 2 amide bonds. The van der Waals surface area contributed by atoms with Gasteiger partial charge in [0.25, 0.3) is 5.91 Å². The number of nitrogens with zero attached hydrogens (tertiary/aromatic N) is 2. The Hall–Kier alpha value is -1.96. The van der Waals surface area contributed by atoms with Gasteiger partial charge in [-0.05, 0) is 0 Å². The van der Waals surface area contributed by atoms with Crippen molar-refractivity contribution in [1.82, 2.24) is 15.7 Å². The molecular weight excluding hydrogens is 254 g/mol. The molecule has 1 aliphatic heterocycles. The van der Waals surface area contributed by atoms with Crippen LogP contribution in [0.1, 0.15) is 18.5 Å². The van der Waals surface area contributed by atoms with Gasteiger partial charge < -0.3 is 10.6 Å². The van der Waals surface area contributed by atoms with Crippen molar-refractivity contribution in [2.24, 2.45) is 5.10 Å². The van der Waals surface area contributed by atoms with Crippen LogP contribution in [0.5, 0.6) is 0 Å². The van der Waals surface area contributed by atoms with E-state index in [4.69, 9.17) is 0 Å². The summed E-state index contributed by atoms with van der Waals surface area (Å²) in [5.41, 5.74) is 3.42. The fourth-order valence-corrected chi connectivity index (χ4v) is 2.09. The number of hydrogen-bond donors (Lipinski definition) is 3. The first-order valence-corrected chi connectivity index (χ1v) is 6.33. The first kappa shape index (κ1) is 12.5. The van der Waals surface area contributed by atoms with Gasteiger partial charge in [0.15, 0.2) is 5.13 Å². The minimum atomic E-state index is -0.269. The lowest BCUT2D eigenvalue weighted by molar-refractivity contribution is -0.121. The standard InChI is InChI=1S/C10H13N5O2S/c1-11-10-13-6(5-18-10)4-12-9(17)7-2-3-8(16)15-14-7/h5H,2-4H2,1H3,(H,11,13)(H,12,17)(H,15,16). The number of nitrogens with one attached hydrogen (secondary N) is 3. The van der Waals surface area contributed by atoms with E-state index in [-0.39, 0.29) is 11.8 Å². The molecule has 0 saturated heterocycles. The predicted molar refractivity (Wildman–Crippen MR) is 68.3 cm³/mol. The SMILES string of the molecule is CNc1nc(CNC(=O)C2=NNC(=O)CC2)cs1. The van der Waals surface area contributed by atoms with Crippen LogP contribution in [0.3, 0.4) is 0 Å². The van der Waals surface area contributed by atoms with Crippen LogP contribution >= 0.6 is 11.3 Å². The molecule has 0 saturated carbocycles. The maximum absolute atomic E-state index is 11.7. The summed E-state index contributed by atoms with van der Waals surface area (Å²) < 4.78 is 0. The second kappa shape index (κ2) is 5.58. The zero-order chi connectivity index (χ0) is 13.0. The number of carbonyl (C=O) groups excluding carboxylic acids is 2. The van der Waals surface area contributed by atoms with Crippen molar-refractivity contribution in [2.45, 2.75) is 19.4 Å². The average Bonchev–Trinajstić information content (AvgIpc) is 2.85. The van der Waals surface area contributed by atoms with Crippen LogP contribution in [-0.4, -0.2) is 29.6 Å². The highest BCUT2D eigenvalue weighted by Gasteiger charge is 2.18. The van der Waals surface area contributed by atoms with E-state index in [0.717, 1.165) is 10.8 Å². The summed E-state index contributed by atoms with van der Waals surface area (Å²) in [6.07, 6.45) is 0.670. The van der Waals surface area contributed by atoms with Crippen molar-refractivity contribution in [2.75, 3.05) is 12.4 Å². The van der Waals surface area contributed by atoms with Crippen molar-refractivity contribution in [1.29, 1.82) is 0 Å². The maximum atomic E-state index is 11.7. The molecule has 2 heterocycles. The van der Waals surface area contributed by atoms with Crippen molar-refractivity contribution >= 4 is 34.0 Å². The summed E-state index contributed by atoms with van der Waals surface area (Å²) >= 11 is 1.48. The largest absolute Gasteiger partial charge is 0.365 e. The molecule has 96 valence electrons. The van der Waals surface area contributed by atoms with E-state index in [1.807, 2.05) is 5.38 Å². The normalized spacial score (nSPS) is 14.7. The molecule has 18 heavy (non-hydrogen) atoms. The second-order valence-corrected chi connectivity index (χ2v) is 4.53. The lowest BCUT2D eigenvalue weighted by Crippen LogP contribution is -2.36. The Bertz CT molecular complexity index is 496. The molecule has 7 nitrogen and oxygen atoms in total. The summed E-state index contributed by atoms with van der Waals surface area (Å²) in [4.78, 5) is 26.8. The zero-order valence-corrected chi connectivity index (χ0v) is 10.6. The second-order valence-electron chi connectivity index (χ2n) is 3.67. The third kappa shape index (κ3) is 3.04. The highest BCUT2D eigenvalue weighted by atomic mass is 32.1. The number of hydrazone groups is 1. The molecule has 0 aromatic carbocycles. The Kier molecular flexibility index (Phi) is 3.88. The van der Waals surface area contributed by atoms with Crippen molar-refractivity contribution in [3.63, 3.8) is 0 Å². The molecule has 0 radical (unpaired) electrons. The summed E-state index contributed by atoms with van der Waals surface area (Å²) in [6.45, 7) is 0.351. The molecule has 1 aromatic rings. The summed E-state index contributed by atoms with van der Waals surface area (Å²) in [5.74, 6) is -0.432. The van der Waals surface area contributed by atoms with Gasteiger partial charge in [0.2, 0.25) is 5.91 Å². The van der Waals surface area contributed by atoms with Crippen molar-refractivity contribution in [3.05, 3.63) is 11.1 Å². The fraction of sp³-hybridized carbons (Fsp3) is 0.400. The van der Waals surface area contributed by atoms with Gasteiger partial charge in [0.05, 0.1) is 12.2 Å². The quantitative estimate of drug-likeness (QED) is 0.719. The molecule has 0 fully saturated rings. The number of anilines is 1. The highest BCUT2D eigenvalue weighted by molar-refractivity contribution is 7.13. The topological polar surface area (TPSA) is 95.5 Å². The summed E-state index contributed by atoms with van der Waals surface area (Å²) in [5, 5.41) is 12.0. The average molecular weight is 267 g/mol. The Morgan fingerprint density at radius 3 is 3.00 bits per heavy atom. The van der Waals surface area contributed by atoms with Crippen molar-refractivity contribution in [3.8, 4) is 0 Å². The zero-order valence-electron chi connectivity index (χ0n) is 9.82. The van der Waals surface area contributed by atoms with E-state index < -0.39 is 0 Å². The van der Waals surface area contributed by atoms with Gasteiger partial charge in [-0.1, -0.05) is 0 Å². The van der Waals surface area contributed by atoms with Gasteiger partial charge in [-0.3, -0.25) is 9.59 Å². The number of carbonyl (C=O) groups is 2. The smallest absolute Gasteiger partial charge is 0.267 e. The minimum absolute atomic E-state index is 0.162. The van der Waals surface area contributed by atoms with Crippen LogP contribution in [0.15, 0.2) is 10.5 Å². The van der Waals surface area contributed by atoms with Crippen LogP contribution in [0.2, 0.25) is 0 Å². The highest BCUT2D eigenvalue weighted by Crippen LogP contribution is 2.13. The number of hydrogen-bond acceptors (Lipinski definition) is 6. The molecule has 1 aliphatic rings. The van der Waals surface area contributed by atoms with E-state index in [1.165, 1.54) is 11.3 Å². The lowest BCUT2D eigenvalue weighted by Gasteiger charge is -2.11. The predicted octanol–water partition coefficient (Wildman–Crippen LogP) is 0.0670. The molecule has 3 N–H and O–H groups in total. The van der Waals surface area contributed by atoms with E-state index in [9.17, 15) is 9.59 Å². The monoisotopic (exact) mass is 267 g/mol. The van der Waals surface area contributed by atoms with Gasteiger partial charge in [0, 0.05) is 25.3 Å². The van der Waals surface area contributed by atoms with E-state index in [0.29, 0.717) is 25.1 Å². The number of thiazole rings is 1. The lowest BCUT2D eigenvalue weighted by atomic mass is 10.1. The third-order valence-corrected chi connectivity index (χ3v) is 3.27. The van der Waals surface area contributed by atoms with Gasteiger partial charge in [-0.2, -0.15) is 5.10 Å². The molecule has 1 aromatic heterocycles. The first-order chi connectivity index (χ1) is 8.69. The molecule has 0 atom stereocenters. The van der Waals surface area contributed by atoms with Crippen LogP contribution in [-0.2, 0) is 16.1 Å². The number of amides is 2. The Morgan fingerprint density at radius 1 is 1.56 bits per heavy atom. The molecule has 2 rings (SSSR count). The number of rotatable bonds is 4. The van der Waals surface area contributed by atoms with Gasteiger partial charge in [0.1, 0.15) is 5.71 Å². The summed E-state index contributed by atoms with van der Waals surface area (Å²) in [7, 11) is 1.79. The van der Waals surface area contributed by atoms with E-state index in [2.05, 4.69) is 26.1 Å². The fourth-order valence-electron chi connectivity index (χ4n) is 1.41. The minimum Gasteiger partial charge on any atom is -0.365 e. The molecule has 0 aliphatic carbocycles. The first-order valence-electron chi connectivity index (χ1n) is 5.45. The van der Waals surface area contributed by atoms with E-state index in [1.54, 1.807) is 7.05 Å². The van der Waals surface area contributed by atoms with Gasteiger partial charge in [-0.15, -0.1) is 11.3 Å². The van der Waals surface area contributed by atoms with Crippen LogP contribution in [0, 0.1) is 0 Å². The van der Waals surface area contributed by atoms with E-state index >= 15 is 0 Å². The molecule has 0 spiro atoms. The molecule has 0 bridgehead atoms. The summed E-state index contributed by atoms with van der Waals surface area (Å²) in [6, 6.07) is 0. The maximum Gasteiger partial charge on any atom is 0.267 e. The molecular formula is C10H13N5O2S. The van der Waals surface area contributed by atoms with Crippen molar-refractivity contribution < 1.29 is 9.59 Å². The van der Waals surface area contributed by atoms with Gasteiger partial charge >= 0.3 is 0 Å². The number of aromatic nitrogens is 1.